The molecular weight excluding hydrogens is 1110 g/mol. The van der Waals surface area contributed by atoms with Crippen LogP contribution in [-0.2, 0) is 32.7 Å². The molecule has 0 aromatic heterocycles. The second kappa shape index (κ2) is 67.5. The highest BCUT2D eigenvalue weighted by molar-refractivity contribution is 7.45. The average Bonchev–Trinajstić information content (AvgIpc) is 3.68. The summed E-state index contributed by atoms with van der Waals surface area (Å²) < 4.78 is 34.3. The number of nitrogens with zero attached hydrogens (tertiary/aromatic N) is 1. The molecular formula is C78H134NO8P. The number of esters is 2. The van der Waals surface area contributed by atoms with Gasteiger partial charge in [0.25, 0.3) is 7.82 Å². The maximum Gasteiger partial charge on any atom is 0.306 e. The van der Waals surface area contributed by atoms with Gasteiger partial charge < -0.3 is 27.9 Å². The maximum absolute atomic E-state index is 12.9. The molecule has 9 nitrogen and oxygen atoms in total. The van der Waals surface area contributed by atoms with Crippen LogP contribution >= 0.6 is 7.82 Å². The summed E-state index contributed by atoms with van der Waals surface area (Å²) in [5.74, 6) is -0.837. The van der Waals surface area contributed by atoms with Gasteiger partial charge in [-0.3, -0.25) is 14.2 Å². The topological polar surface area (TPSA) is 111 Å². The first-order valence-electron chi connectivity index (χ1n) is 35.9. The number of likely N-dealkylation sites (N-methyl/N-ethyl adjacent to an activating group) is 1. The lowest BCUT2D eigenvalue weighted by molar-refractivity contribution is -0.870. The third-order valence-electron chi connectivity index (χ3n) is 15.2. The summed E-state index contributed by atoms with van der Waals surface area (Å²) in [6, 6.07) is 0. The van der Waals surface area contributed by atoms with Gasteiger partial charge in [0, 0.05) is 12.8 Å². The lowest BCUT2D eigenvalue weighted by Crippen LogP contribution is -2.37. The van der Waals surface area contributed by atoms with Gasteiger partial charge in [-0.05, 0) is 109 Å². The Kier molecular flexibility index (Phi) is 64.6. The largest absolute Gasteiger partial charge is 0.756 e. The fraction of sp³-hybridized carbons (Fsp3) is 0.692. The van der Waals surface area contributed by atoms with Crippen LogP contribution in [0.5, 0.6) is 0 Å². The molecule has 0 aliphatic heterocycles. The normalized spacial score (nSPS) is 13.9. The van der Waals surface area contributed by atoms with E-state index in [1.807, 2.05) is 21.1 Å². The number of phosphoric acid groups is 1. The summed E-state index contributed by atoms with van der Waals surface area (Å²) in [5, 5.41) is 0. The van der Waals surface area contributed by atoms with Crippen LogP contribution in [-0.4, -0.2) is 70.0 Å². The second-order valence-corrected chi connectivity index (χ2v) is 26.2. The zero-order chi connectivity index (χ0) is 64.1. The van der Waals surface area contributed by atoms with Gasteiger partial charge in [0.2, 0.25) is 0 Å². The number of carbonyl (C=O) groups is 2. The van der Waals surface area contributed by atoms with Gasteiger partial charge in [0.1, 0.15) is 19.8 Å². The van der Waals surface area contributed by atoms with Crippen molar-refractivity contribution in [3.63, 3.8) is 0 Å². The molecule has 0 amide bonds. The summed E-state index contributed by atoms with van der Waals surface area (Å²) in [5.41, 5.74) is 0. The van der Waals surface area contributed by atoms with Crippen molar-refractivity contribution in [1.29, 1.82) is 0 Å². The van der Waals surface area contributed by atoms with Crippen molar-refractivity contribution in [3.8, 4) is 0 Å². The lowest BCUT2D eigenvalue weighted by atomic mass is 10.0. The van der Waals surface area contributed by atoms with Crippen molar-refractivity contribution in [2.45, 2.75) is 302 Å². The van der Waals surface area contributed by atoms with Gasteiger partial charge >= 0.3 is 11.9 Å². The van der Waals surface area contributed by atoms with Crippen LogP contribution in [0.4, 0.5) is 0 Å². The van der Waals surface area contributed by atoms with E-state index in [-0.39, 0.29) is 32.0 Å². The van der Waals surface area contributed by atoms with Crippen LogP contribution < -0.4 is 4.89 Å². The zero-order valence-corrected chi connectivity index (χ0v) is 58.3. The van der Waals surface area contributed by atoms with Crippen LogP contribution in [0.2, 0.25) is 0 Å². The Morgan fingerprint density at radius 3 is 0.909 bits per heavy atom. The summed E-state index contributed by atoms with van der Waals surface area (Å²) in [4.78, 5) is 38.1. The highest BCUT2D eigenvalue weighted by Gasteiger charge is 2.22. The number of carbonyl (C=O) groups excluding carboxylic acids is 2. The molecule has 0 aliphatic carbocycles. The summed E-state index contributed by atoms with van der Waals surface area (Å²) in [6.07, 6.45) is 98.2. The second-order valence-electron chi connectivity index (χ2n) is 24.8. The van der Waals surface area contributed by atoms with Crippen molar-refractivity contribution in [2.24, 2.45) is 0 Å². The van der Waals surface area contributed by atoms with Gasteiger partial charge in [0.15, 0.2) is 6.10 Å². The van der Waals surface area contributed by atoms with Crippen molar-refractivity contribution in [1.82, 2.24) is 0 Å². The predicted molar refractivity (Wildman–Crippen MR) is 378 cm³/mol. The van der Waals surface area contributed by atoms with Crippen LogP contribution in [0.15, 0.2) is 134 Å². The van der Waals surface area contributed by atoms with Crippen molar-refractivity contribution in [3.05, 3.63) is 134 Å². The van der Waals surface area contributed by atoms with E-state index >= 15 is 0 Å². The smallest absolute Gasteiger partial charge is 0.306 e. The maximum atomic E-state index is 12.9. The van der Waals surface area contributed by atoms with E-state index in [1.165, 1.54) is 141 Å². The predicted octanol–water partition coefficient (Wildman–Crippen LogP) is 23.0. The number of hydrogen-bond donors (Lipinski definition) is 0. The van der Waals surface area contributed by atoms with Crippen molar-refractivity contribution >= 4 is 19.8 Å². The first-order valence-corrected chi connectivity index (χ1v) is 37.4. The Morgan fingerprint density at radius 2 is 0.614 bits per heavy atom. The minimum atomic E-state index is -4.65. The molecule has 2 unspecified atom stereocenters. The quantitative estimate of drug-likeness (QED) is 0.0195. The van der Waals surface area contributed by atoms with Crippen molar-refractivity contribution in [2.75, 3.05) is 47.5 Å². The number of hydrogen-bond acceptors (Lipinski definition) is 8. The van der Waals surface area contributed by atoms with E-state index < -0.39 is 26.5 Å². The molecule has 0 saturated carbocycles. The summed E-state index contributed by atoms with van der Waals surface area (Å²) >= 11 is 0. The Labute approximate surface area is 542 Å². The van der Waals surface area contributed by atoms with Gasteiger partial charge in [0.05, 0.1) is 27.7 Å². The zero-order valence-electron chi connectivity index (χ0n) is 57.4. The molecule has 0 radical (unpaired) electrons. The highest BCUT2D eigenvalue weighted by atomic mass is 31.2. The molecule has 0 spiro atoms. The van der Waals surface area contributed by atoms with Gasteiger partial charge in [-0.15, -0.1) is 0 Å². The monoisotopic (exact) mass is 1240 g/mol. The molecule has 0 aromatic rings. The molecule has 2 atom stereocenters. The van der Waals surface area contributed by atoms with E-state index in [4.69, 9.17) is 18.5 Å². The minimum Gasteiger partial charge on any atom is -0.756 e. The molecule has 504 valence electrons. The molecule has 0 bridgehead atoms. The van der Waals surface area contributed by atoms with Crippen molar-refractivity contribution < 1.29 is 42.1 Å². The van der Waals surface area contributed by atoms with Crippen LogP contribution in [0.1, 0.15) is 296 Å². The van der Waals surface area contributed by atoms with E-state index in [0.29, 0.717) is 17.4 Å². The van der Waals surface area contributed by atoms with Gasteiger partial charge in [-0.1, -0.05) is 308 Å². The van der Waals surface area contributed by atoms with Crippen LogP contribution in [0.3, 0.4) is 0 Å². The molecule has 0 N–H and O–H groups in total. The molecule has 0 aromatic carbocycles. The molecule has 0 saturated heterocycles. The van der Waals surface area contributed by atoms with Gasteiger partial charge in [-0.2, -0.15) is 0 Å². The van der Waals surface area contributed by atoms with E-state index in [2.05, 4.69) is 148 Å². The number of ether oxygens (including phenoxy) is 2. The van der Waals surface area contributed by atoms with E-state index in [0.717, 1.165) is 122 Å². The summed E-state index contributed by atoms with van der Waals surface area (Å²) in [7, 11) is 1.16. The fourth-order valence-electron chi connectivity index (χ4n) is 9.75. The Bertz CT molecular complexity index is 1950. The Hall–Kier alpha value is -3.85. The Balaban J connectivity index is 4.01. The molecule has 88 heavy (non-hydrogen) atoms. The number of phosphoric ester groups is 1. The third kappa shape index (κ3) is 71.2. The lowest BCUT2D eigenvalue weighted by Gasteiger charge is -2.28. The molecule has 0 rings (SSSR count). The third-order valence-corrected chi connectivity index (χ3v) is 16.1. The van der Waals surface area contributed by atoms with Gasteiger partial charge in [-0.25, -0.2) is 0 Å². The fourth-order valence-corrected chi connectivity index (χ4v) is 10.5. The number of rotatable bonds is 65. The van der Waals surface area contributed by atoms with E-state index in [9.17, 15) is 19.0 Å². The highest BCUT2D eigenvalue weighted by Crippen LogP contribution is 2.38. The average molecular weight is 1240 g/mol. The first kappa shape index (κ1) is 84.2. The minimum absolute atomic E-state index is 0.0360. The number of allylic oxidation sites excluding steroid dienone is 22. The Morgan fingerprint density at radius 1 is 0.352 bits per heavy atom. The first-order chi connectivity index (χ1) is 43.0. The molecule has 10 heteroatoms. The SMILES string of the molecule is CC/C=C\C/C=C\C/C=C\C/C=C\C/C=C\C/C=C\CCCCCCCCCCCCCCCCCCCCCCC(=O)OC(COC(=O)CCCCCCCCCCC/C=C\C/C=C\C/C=C\C/C=C\C/C=C\CC)COP(=O)([O-])OCC[N+](C)(C)C. The number of quaternary nitrogens is 1. The number of unbranched alkanes of at least 4 members (excludes halogenated alkanes) is 29. The summed E-state index contributed by atoms with van der Waals surface area (Å²) in [6.45, 7) is 4.02. The van der Waals surface area contributed by atoms with Crippen LogP contribution in [0, 0.1) is 0 Å². The molecule has 0 aliphatic rings. The molecule has 0 heterocycles. The molecule has 0 fully saturated rings. The van der Waals surface area contributed by atoms with Crippen LogP contribution in [0.25, 0.3) is 0 Å². The standard InChI is InChI=1S/C78H134NO8P/c1-6-8-10-12-14-16-18-20-22-24-26-28-30-32-33-34-35-36-37-38-39-40-41-42-43-44-45-47-49-51-53-55-57-59-61-63-65-67-69-71-78(81)87-76(75-86-88(82,83)85-73-72-79(3,4)5)74-84-77(80)70-68-66-64-62-60-58-56-54-52-50-48-46-31-29-27-25-23-21-19-17-15-13-11-9-7-2/h8-11,14-17,20-23,26-29,32-33,35-36,46,48,76H,6-7,12-13,18-19,24-25,30-31,34,37-45,47,49-75H2,1-5H3/b10-8-,11-9-,16-14-,17-15-,22-20-,23-21-,28-26-,29-27-,33-32-,36-35-,48-46-. The van der Waals surface area contributed by atoms with E-state index in [1.54, 1.807) is 0 Å².